The third-order valence-corrected chi connectivity index (χ3v) is 5.00. The number of benzene rings is 1. The van der Waals surface area contributed by atoms with E-state index in [4.69, 9.17) is 20.8 Å². The summed E-state index contributed by atoms with van der Waals surface area (Å²) >= 11 is 10.5. The highest BCUT2D eigenvalue weighted by atomic mass is 79.9. The lowest BCUT2D eigenvalue weighted by Gasteiger charge is -2.05. The van der Waals surface area contributed by atoms with Crippen LogP contribution < -0.4 is 4.74 Å². The number of furan rings is 1. The van der Waals surface area contributed by atoms with Gasteiger partial charge in [0.15, 0.2) is 5.78 Å². The Morgan fingerprint density at radius 3 is 2.79 bits per heavy atom. The van der Waals surface area contributed by atoms with Crippen LogP contribution in [0.15, 0.2) is 63.5 Å². The summed E-state index contributed by atoms with van der Waals surface area (Å²) in [6.07, 6.45) is 3.11. The van der Waals surface area contributed by atoms with E-state index < -0.39 is 0 Å². The van der Waals surface area contributed by atoms with Gasteiger partial charge in [0.2, 0.25) is 0 Å². The van der Waals surface area contributed by atoms with Gasteiger partial charge < -0.3 is 9.15 Å². The van der Waals surface area contributed by atoms with Gasteiger partial charge in [-0.2, -0.15) is 0 Å². The molecule has 0 saturated carbocycles. The molecule has 0 saturated heterocycles. The topological polar surface area (TPSA) is 39.4 Å². The Morgan fingerprint density at radius 2 is 2.04 bits per heavy atom. The average Bonchev–Trinajstić information content (AvgIpc) is 3.21. The van der Waals surface area contributed by atoms with Crippen molar-refractivity contribution in [3.05, 3.63) is 79.8 Å². The molecule has 24 heavy (non-hydrogen) atoms. The van der Waals surface area contributed by atoms with E-state index in [0.717, 1.165) is 10.2 Å². The fourth-order valence-corrected chi connectivity index (χ4v) is 3.32. The Kier molecular flexibility index (Phi) is 5.56. The molecule has 0 bridgehead atoms. The number of ether oxygens (including phenoxy) is 1. The van der Waals surface area contributed by atoms with Crippen LogP contribution in [0, 0.1) is 0 Å². The van der Waals surface area contributed by atoms with E-state index in [9.17, 15) is 4.79 Å². The van der Waals surface area contributed by atoms with Crippen molar-refractivity contribution >= 4 is 50.7 Å². The lowest BCUT2D eigenvalue weighted by atomic mass is 10.3. The molecule has 0 radical (unpaired) electrons. The van der Waals surface area contributed by atoms with Crippen molar-refractivity contribution in [2.45, 2.75) is 6.61 Å². The van der Waals surface area contributed by atoms with Crippen LogP contribution in [-0.2, 0) is 6.61 Å². The van der Waals surface area contributed by atoms with Gasteiger partial charge in [0.05, 0.1) is 13.7 Å². The molecule has 2 aromatic heterocycles. The van der Waals surface area contributed by atoms with Crippen molar-refractivity contribution in [2.75, 3.05) is 0 Å². The molecule has 0 unspecified atom stereocenters. The van der Waals surface area contributed by atoms with Gasteiger partial charge in [-0.15, -0.1) is 11.3 Å². The first-order valence-corrected chi connectivity index (χ1v) is 9.04. The van der Waals surface area contributed by atoms with E-state index in [1.165, 1.54) is 17.4 Å². The van der Waals surface area contributed by atoms with E-state index in [-0.39, 0.29) is 5.78 Å². The molecule has 0 atom stereocenters. The van der Waals surface area contributed by atoms with Crippen molar-refractivity contribution in [1.29, 1.82) is 0 Å². The molecule has 1 aromatic carbocycles. The van der Waals surface area contributed by atoms with Crippen LogP contribution in [0.5, 0.6) is 5.75 Å². The maximum absolute atomic E-state index is 12.0. The molecular weight excluding hydrogens is 412 g/mol. The summed E-state index contributed by atoms with van der Waals surface area (Å²) in [5, 5.41) is 0. The first-order valence-electron chi connectivity index (χ1n) is 7.05. The number of ketones is 1. The second-order valence-corrected chi connectivity index (χ2v) is 7.39. The molecule has 3 nitrogen and oxygen atoms in total. The van der Waals surface area contributed by atoms with Crippen molar-refractivity contribution < 1.29 is 13.9 Å². The Balaban J connectivity index is 1.60. The van der Waals surface area contributed by atoms with Crippen molar-refractivity contribution in [3.8, 4) is 5.75 Å². The molecule has 0 amide bonds. The summed E-state index contributed by atoms with van der Waals surface area (Å²) in [5.74, 6) is 1.92. The fourth-order valence-electron chi connectivity index (χ4n) is 1.96. The van der Waals surface area contributed by atoms with Crippen LogP contribution in [0.25, 0.3) is 6.08 Å². The number of halogens is 2. The van der Waals surface area contributed by atoms with Crippen molar-refractivity contribution in [1.82, 2.24) is 0 Å². The van der Waals surface area contributed by atoms with E-state index in [1.807, 2.05) is 30.3 Å². The number of hydrogen-bond acceptors (Lipinski definition) is 4. The summed E-state index contributed by atoms with van der Waals surface area (Å²) in [5.41, 5.74) is 0. The zero-order valence-corrected chi connectivity index (χ0v) is 15.5. The minimum atomic E-state index is -0.102. The average molecular weight is 424 g/mol. The SMILES string of the molecule is O=C(/C=C/c1ccc(COc2ccccc2Br)o1)c1ccc(Cl)s1. The van der Waals surface area contributed by atoms with E-state index in [0.29, 0.717) is 27.3 Å². The second kappa shape index (κ2) is 7.83. The third-order valence-electron chi connectivity index (χ3n) is 3.10. The Labute approximate surface area is 156 Å². The molecule has 6 heteroatoms. The number of rotatable bonds is 6. The lowest BCUT2D eigenvalue weighted by molar-refractivity contribution is 0.105. The first-order chi connectivity index (χ1) is 11.6. The van der Waals surface area contributed by atoms with Gasteiger partial charge in [-0.25, -0.2) is 0 Å². The van der Waals surface area contributed by atoms with Crippen molar-refractivity contribution in [3.63, 3.8) is 0 Å². The molecule has 3 aromatic rings. The number of para-hydroxylation sites is 1. The highest BCUT2D eigenvalue weighted by Gasteiger charge is 2.07. The number of carbonyl (C=O) groups is 1. The Bertz CT molecular complexity index is 882. The standard InChI is InChI=1S/C18H12BrClO3S/c19-14-3-1-2-4-16(14)22-11-13-6-5-12(23-13)7-8-15(21)17-9-10-18(20)24-17/h1-10H,11H2/b8-7+. The highest BCUT2D eigenvalue weighted by Crippen LogP contribution is 2.25. The van der Waals surface area contributed by atoms with Gasteiger partial charge in [-0.05, 0) is 64.5 Å². The van der Waals surface area contributed by atoms with Gasteiger partial charge in [0.1, 0.15) is 23.9 Å². The third kappa shape index (κ3) is 4.38. The Hall–Kier alpha value is -1.82. The second-order valence-electron chi connectivity index (χ2n) is 4.82. The normalized spacial score (nSPS) is 11.1. The number of hydrogen-bond donors (Lipinski definition) is 0. The summed E-state index contributed by atoms with van der Waals surface area (Å²) in [6, 6.07) is 14.6. The van der Waals surface area contributed by atoms with Crippen LogP contribution >= 0.6 is 38.9 Å². The summed E-state index contributed by atoms with van der Waals surface area (Å²) in [6.45, 7) is 0.310. The van der Waals surface area contributed by atoms with E-state index in [1.54, 1.807) is 24.3 Å². The zero-order valence-electron chi connectivity index (χ0n) is 12.4. The maximum Gasteiger partial charge on any atom is 0.195 e. The molecule has 0 fully saturated rings. The van der Waals surface area contributed by atoms with Crippen LogP contribution in [0.3, 0.4) is 0 Å². The van der Waals surface area contributed by atoms with Gasteiger partial charge in [0.25, 0.3) is 0 Å². The lowest BCUT2D eigenvalue weighted by Crippen LogP contribution is -1.94. The summed E-state index contributed by atoms with van der Waals surface area (Å²) in [7, 11) is 0. The molecule has 0 N–H and O–H groups in total. The Morgan fingerprint density at radius 1 is 1.21 bits per heavy atom. The quantitative estimate of drug-likeness (QED) is 0.348. The van der Waals surface area contributed by atoms with Crippen LogP contribution in [0.1, 0.15) is 21.2 Å². The molecule has 0 aliphatic carbocycles. The molecule has 122 valence electrons. The van der Waals surface area contributed by atoms with Crippen LogP contribution in [0.2, 0.25) is 4.34 Å². The van der Waals surface area contributed by atoms with Crippen LogP contribution in [0.4, 0.5) is 0 Å². The van der Waals surface area contributed by atoms with E-state index >= 15 is 0 Å². The molecule has 0 spiro atoms. The van der Waals surface area contributed by atoms with Gasteiger partial charge in [0, 0.05) is 0 Å². The van der Waals surface area contributed by atoms with Gasteiger partial charge in [-0.1, -0.05) is 23.7 Å². The largest absolute Gasteiger partial charge is 0.484 e. The minimum Gasteiger partial charge on any atom is -0.484 e. The highest BCUT2D eigenvalue weighted by molar-refractivity contribution is 9.10. The fraction of sp³-hybridized carbons (Fsp3) is 0.0556. The monoisotopic (exact) mass is 422 g/mol. The van der Waals surface area contributed by atoms with Gasteiger partial charge in [-0.3, -0.25) is 4.79 Å². The molecule has 0 aliphatic heterocycles. The molecule has 3 rings (SSSR count). The van der Waals surface area contributed by atoms with Crippen molar-refractivity contribution in [2.24, 2.45) is 0 Å². The molecule has 0 aliphatic rings. The summed E-state index contributed by atoms with van der Waals surface area (Å²) < 4.78 is 12.8. The predicted molar refractivity (Wildman–Crippen MR) is 99.9 cm³/mol. The number of carbonyl (C=O) groups excluding carboxylic acids is 1. The molecular formula is C18H12BrClO3S. The number of thiophene rings is 1. The zero-order chi connectivity index (χ0) is 16.9. The predicted octanol–water partition coefficient (Wildman–Crippen LogP) is 6.23. The smallest absolute Gasteiger partial charge is 0.195 e. The first kappa shape index (κ1) is 17.0. The maximum atomic E-state index is 12.0. The molecule has 2 heterocycles. The van der Waals surface area contributed by atoms with Gasteiger partial charge >= 0.3 is 0 Å². The van der Waals surface area contributed by atoms with Crippen LogP contribution in [-0.4, -0.2) is 5.78 Å². The minimum absolute atomic E-state index is 0.102. The number of allylic oxidation sites excluding steroid dienone is 1. The van der Waals surface area contributed by atoms with E-state index in [2.05, 4.69) is 15.9 Å². The summed E-state index contributed by atoms with van der Waals surface area (Å²) in [4.78, 5) is 12.6.